The van der Waals surface area contributed by atoms with Crippen molar-refractivity contribution in [2.45, 2.75) is 18.6 Å². The fourth-order valence-electron chi connectivity index (χ4n) is 0.750. The van der Waals surface area contributed by atoms with Crippen molar-refractivity contribution in [2.75, 3.05) is 12.4 Å². The van der Waals surface area contributed by atoms with E-state index < -0.39 is 0 Å². The van der Waals surface area contributed by atoms with Crippen molar-refractivity contribution in [3.05, 3.63) is 0 Å². The minimum absolute atomic E-state index is 0.556. The molecular weight excluding hydrogens is 106 g/mol. The molecule has 1 nitrogen and oxygen atoms in total. The molecule has 0 spiro atoms. The van der Waals surface area contributed by atoms with Crippen LogP contribution >= 0.6 is 11.8 Å². The van der Waals surface area contributed by atoms with Gasteiger partial charge in [0.25, 0.3) is 0 Å². The van der Waals surface area contributed by atoms with Gasteiger partial charge in [0, 0.05) is 0 Å². The lowest BCUT2D eigenvalue weighted by atomic mass is 10.2. The van der Waals surface area contributed by atoms with E-state index in [-0.39, 0.29) is 0 Å². The SMILES string of the molecule is CC1(C)C[NH2+]CS1. The second-order valence-electron chi connectivity index (χ2n) is 2.56. The number of rotatable bonds is 0. The van der Waals surface area contributed by atoms with Crippen molar-refractivity contribution in [3.63, 3.8) is 0 Å². The Morgan fingerprint density at radius 3 is 2.43 bits per heavy atom. The number of nitrogens with two attached hydrogens (primary N) is 1. The Balaban J connectivity index is 2.40. The highest BCUT2D eigenvalue weighted by Crippen LogP contribution is 2.22. The van der Waals surface area contributed by atoms with Gasteiger partial charge in [-0.1, -0.05) is 11.8 Å². The van der Waals surface area contributed by atoms with Gasteiger partial charge < -0.3 is 5.32 Å². The molecule has 2 heteroatoms. The van der Waals surface area contributed by atoms with Crippen LogP contribution in [-0.2, 0) is 0 Å². The molecule has 1 aliphatic rings. The first-order valence-corrected chi connectivity index (χ1v) is 3.65. The third kappa shape index (κ3) is 1.35. The van der Waals surface area contributed by atoms with E-state index in [2.05, 4.69) is 19.2 Å². The van der Waals surface area contributed by atoms with Gasteiger partial charge in [-0.3, -0.25) is 0 Å². The van der Waals surface area contributed by atoms with Crippen LogP contribution in [-0.4, -0.2) is 17.2 Å². The summed E-state index contributed by atoms with van der Waals surface area (Å²) in [6.45, 7) is 5.88. The first-order valence-electron chi connectivity index (χ1n) is 2.66. The summed E-state index contributed by atoms with van der Waals surface area (Å²) in [5.74, 6) is 1.26. The van der Waals surface area contributed by atoms with E-state index in [0.29, 0.717) is 4.75 Å². The summed E-state index contributed by atoms with van der Waals surface area (Å²) in [6.07, 6.45) is 0. The molecule has 0 amide bonds. The minimum atomic E-state index is 0.556. The molecule has 0 atom stereocenters. The molecule has 1 heterocycles. The van der Waals surface area contributed by atoms with Crippen LogP contribution in [0.3, 0.4) is 0 Å². The van der Waals surface area contributed by atoms with E-state index in [9.17, 15) is 0 Å². The maximum Gasteiger partial charge on any atom is 0.123 e. The molecule has 7 heavy (non-hydrogen) atoms. The summed E-state index contributed by atoms with van der Waals surface area (Å²) in [4.78, 5) is 0. The minimum Gasteiger partial charge on any atom is -0.337 e. The number of quaternary nitrogens is 1. The summed E-state index contributed by atoms with van der Waals surface area (Å²) in [7, 11) is 0. The van der Waals surface area contributed by atoms with E-state index in [1.165, 1.54) is 12.4 Å². The molecule has 1 rings (SSSR count). The molecular formula is C5H12NS+. The zero-order valence-electron chi connectivity index (χ0n) is 4.90. The Morgan fingerprint density at radius 1 is 1.57 bits per heavy atom. The standard InChI is InChI=1S/C5H11NS/c1-5(2)3-6-4-7-5/h6H,3-4H2,1-2H3/p+1. The van der Waals surface area contributed by atoms with Crippen molar-refractivity contribution < 1.29 is 5.32 Å². The van der Waals surface area contributed by atoms with Crippen molar-refractivity contribution in [3.8, 4) is 0 Å². The highest BCUT2D eigenvalue weighted by molar-refractivity contribution is 8.00. The Hall–Kier alpha value is 0.310. The summed E-state index contributed by atoms with van der Waals surface area (Å²) < 4.78 is 0.556. The Labute approximate surface area is 48.9 Å². The molecule has 42 valence electrons. The van der Waals surface area contributed by atoms with E-state index in [1.54, 1.807) is 0 Å². The van der Waals surface area contributed by atoms with E-state index in [4.69, 9.17) is 0 Å². The normalized spacial score (nSPS) is 28.3. The summed E-state index contributed by atoms with van der Waals surface area (Å²) in [5, 5.41) is 2.35. The Kier molecular flexibility index (Phi) is 1.30. The van der Waals surface area contributed by atoms with Gasteiger partial charge in [0.2, 0.25) is 0 Å². The van der Waals surface area contributed by atoms with Crippen LogP contribution in [0.25, 0.3) is 0 Å². The average Bonchev–Trinajstić information content (AvgIpc) is 1.84. The molecule has 0 radical (unpaired) electrons. The zero-order chi connectivity index (χ0) is 5.33. The molecule has 1 aliphatic heterocycles. The first kappa shape index (κ1) is 5.45. The molecule has 0 aromatic heterocycles. The van der Waals surface area contributed by atoms with Crippen LogP contribution in [0.4, 0.5) is 0 Å². The van der Waals surface area contributed by atoms with Crippen molar-refractivity contribution in [1.82, 2.24) is 0 Å². The smallest absolute Gasteiger partial charge is 0.123 e. The lowest BCUT2D eigenvalue weighted by Crippen LogP contribution is -2.82. The number of hydrogen-bond acceptors (Lipinski definition) is 1. The van der Waals surface area contributed by atoms with E-state index >= 15 is 0 Å². The predicted octanol–water partition coefficient (Wildman–Crippen LogP) is 0.0327. The quantitative estimate of drug-likeness (QED) is 0.475. The van der Waals surface area contributed by atoms with Crippen molar-refractivity contribution in [2.24, 2.45) is 0 Å². The highest BCUT2D eigenvalue weighted by atomic mass is 32.2. The summed E-state index contributed by atoms with van der Waals surface area (Å²) >= 11 is 2.04. The predicted molar refractivity (Wildman–Crippen MR) is 33.3 cm³/mol. The molecule has 0 aliphatic carbocycles. The molecule has 0 aromatic carbocycles. The zero-order valence-corrected chi connectivity index (χ0v) is 5.72. The van der Waals surface area contributed by atoms with Gasteiger partial charge in [0.05, 0.1) is 11.3 Å². The fraction of sp³-hybridized carbons (Fsp3) is 1.00. The van der Waals surface area contributed by atoms with Gasteiger partial charge in [0.15, 0.2) is 0 Å². The average molecular weight is 118 g/mol. The highest BCUT2D eigenvalue weighted by Gasteiger charge is 2.26. The Morgan fingerprint density at radius 2 is 2.29 bits per heavy atom. The third-order valence-corrected chi connectivity index (χ3v) is 2.58. The molecule has 0 aromatic rings. The number of thioether (sulfide) groups is 1. The lowest BCUT2D eigenvalue weighted by molar-refractivity contribution is -0.631. The summed E-state index contributed by atoms with van der Waals surface area (Å²) in [5.41, 5.74) is 0. The monoisotopic (exact) mass is 118 g/mol. The van der Waals surface area contributed by atoms with Crippen molar-refractivity contribution in [1.29, 1.82) is 0 Å². The molecule has 1 saturated heterocycles. The van der Waals surface area contributed by atoms with E-state index in [0.717, 1.165) is 0 Å². The largest absolute Gasteiger partial charge is 0.337 e. The second-order valence-corrected chi connectivity index (χ2v) is 4.29. The number of hydrogen-bond donors (Lipinski definition) is 1. The molecule has 0 unspecified atom stereocenters. The van der Waals surface area contributed by atoms with Crippen LogP contribution in [0.2, 0.25) is 0 Å². The van der Waals surface area contributed by atoms with Crippen LogP contribution in [0, 0.1) is 0 Å². The Bertz CT molecular complexity index is 62.5. The van der Waals surface area contributed by atoms with Gasteiger partial charge in [-0.15, -0.1) is 0 Å². The van der Waals surface area contributed by atoms with Crippen LogP contribution in [0.5, 0.6) is 0 Å². The van der Waals surface area contributed by atoms with E-state index in [1.807, 2.05) is 11.8 Å². The first-order chi connectivity index (χ1) is 3.21. The maximum atomic E-state index is 2.35. The van der Waals surface area contributed by atoms with Crippen LogP contribution in [0.15, 0.2) is 0 Å². The lowest BCUT2D eigenvalue weighted by Gasteiger charge is -2.07. The molecule has 2 N–H and O–H groups in total. The van der Waals surface area contributed by atoms with Gasteiger partial charge >= 0.3 is 0 Å². The van der Waals surface area contributed by atoms with Gasteiger partial charge in [0.1, 0.15) is 5.88 Å². The van der Waals surface area contributed by atoms with Gasteiger partial charge in [-0.05, 0) is 13.8 Å². The van der Waals surface area contributed by atoms with Crippen LogP contribution < -0.4 is 5.32 Å². The molecule has 0 bridgehead atoms. The van der Waals surface area contributed by atoms with Crippen LogP contribution in [0.1, 0.15) is 13.8 Å². The second kappa shape index (κ2) is 1.67. The maximum absolute atomic E-state index is 2.35. The van der Waals surface area contributed by atoms with Gasteiger partial charge in [-0.25, -0.2) is 0 Å². The molecule has 1 fully saturated rings. The fourth-order valence-corrected chi connectivity index (χ4v) is 1.67. The topological polar surface area (TPSA) is 16.6 Å². The van der Waals surface area contributed by atoms with Crippen molar-refractivity contribution >= 4 is 11.8 Å². The third-order valence-electron chi connectivity index (χ3n) is 1.23. The van der Waals surface area contributed by atoms with Gasteiger partial charge in [-0.2, -0.15) is 0 Å². The summed E-state index contributed by atoms with van der Waals surface area (Å²) in [6, 6.07) is 0. The molecule has 0 saturated carbocycles.